The van der Waals surface area contributed by atoms with Crippen LogP contribution in [0, 0.1) is 17.8 Å². The number of carbonyl (C=O) groups is 2. The highest BCUT2D eigenvalue weighted by atomic mass is 17.0. The molecule has 0 aromatic carbocycles. The minimum Gasteiger partial charge on any atom is -0.457 e. The summed E-state index contributed by atoms with van der Waals surface area (Å²) < 4.78 is 19.9. The Morgan fingerprint density at radius 2 is 1.65 bits per heavy atom. The van der Waals surface area contributed by atoms with Gasteiger partial charge in [0, 0.05) is 0 Å². The van der Waals surface area contributed by atoms with Gasteiger partial charge < -0.3 is 9.47 Å². The Bertz CT molecular complexity index is 538. The number of hydrogen-bond donors (Lipinski definition) is 0. The van der Waals surface area contributed by atoms with Crippen molar-refractivity contribution in [2.75, 3.05) is 0 Å². The predicted molar refractivity (Wildman–Crippen MR) is 82.1 cm³/mol. The Kier molecular flexibility index (Phi) is 5.55. The van der Waals surface area contributed by atoms with Gasteiger partial charge in [0.2, 0.25) is 0 Å². The molecule has 6 heteroatoms. The largest absolute Gasteiger partial charge is 0.457 e. The predicted octanol–water partition coefficient (Wildman–Crippen LogP) is 4.06. The standard InChI is InChI=1S/C17H26O6/c1-9(2)12-7-6-11(5)8-13(12)21-17(19)15-14(22-23-15)16(18)20-10(3)4/h9-13H,6-8H2,1-5H3. The minimum atomic E-state index is -0.712. The Morgan fingerprint density at radius 1 is 1.04 bits per heavy atom. The van der Waals surface area contributed by atoms with Gasteiger partial charge in [-0.1, -0.05) is 27.2 Å². The van der Waals surface area contributed by atoms with Crippen LogP contribution in [0.25, 0.3) is 0 Å². The van der Waals surface area contributed by atoms with Crippen LogP contribution in [-0.4, -0.2) is 24.1 Å². The van der Waals surface area contributed by atoms with E-state index in [-0.39, 0.29) is 23.7 Å². The van der Waals surface area contributed by atoms with Crippen LogP contribution in [0.2, 0.25) is 0 Å². The van der Waals surface area contributed by atoms with Gasteiger partial charge >= 0.3 is 23.5 Å². The van der Waals surface area contributed by atoms with E-state index in [9.17, 15) is 9.59 Å². The monoisotopic (exact) mass is 326 g/mol. The first-order valence-corrected chi connectivity index (χ1v) is 8.30. The van der Waals surface area contributed by atoms with E-state index in [1.54, 1.807) is 13.8 Å². The molecule has 1 aliphatic rings. The lowest BCUT2D eigenvalue weighted by Gasteiger charge is -2.36. The number of esters is 2. The molecule has 1 heterocycles. The van der Waals surface area contributed by atoms with Gasteiger partial charge in [-0.15, -0.1) is 0 Å². The highest BCUT2D eigenvalue weighted by Crippen LogP contribution is 2.36. The quantitative estimate of drug-likeness (QED) is 0.600. The lowest BCUT2D eigenvalue weighted by Crippen LogP contribution is -2.36. The van der Waals surface area contributed by atoms with Gasteiger partial charge in [-0.25, -0.2) is 9.59 Å². The minimum absolute atomic E-state index is 0.162. The van der Waals surface area contributed by atoms with Crippen LogP contribution >= 0.6 is 0 Å². The van der Waals surface area contributed by atoms with Crippen molar-refractivity contribution < 1.29 is 28.2 Å². The fourth-order valence-electron chi connectivity index (χ4n) is 3.09. The fourth-order valence-corrected chi connectivity index (χ4v) is 3.09. The third-order valence-electron chi connectivity index (χ3n) is 4.35. The number of carbonyl (C=O) groups excluding carboxylic acids is 2. The van der Waals surface area contributed by atoms with Crippen molar-refractivity contribution >= 4 is 11.9 Å². The van der Waals surface area contributed by atoms with E-state index in [1.165, 1.54) is 0 Å². The van der Waals surface area contributed by atoms with Gasteiger partial charge in [0.05, 0.1) is 6.10 Å². The topological polar surface area (TPSA) is 78.9 Å². The second-order valence-electron chi connectivity index (χ2n) is 7.05. The number of ether oxygens (including phenoxy) is 2. The third kappa shape index (κ3) is 4.18. The smallest absolute Gasteiger partial charge is 0.383 e. The summed E-state index contributed by atoms with van der Waals surface area (Å²) in [5.74, 6) is -0.515. The average Bonchev–Trinajstić information content (AvgIpc) is 2.35. The number of hydrogen-bond acceptors (Lipinski definition) is 6. The zero-order chi connectivity index (χ0) is 17.1. The highest BCUT2D eigenvalue weighted by molar-refractivity contribution is 5.99. The maximum Gasteiger partial charge on any atom is 0.383 e. The maximum absolute atomic E-state index is 12.3. The SMILES string of the molecule is CC1CCC(C(C)C)C(OC(=O)c2ooc2C(=O)OC(C)C)C1. The second-order valence-corrected chi connectivity index (χ2v) is 7.05. The molecule has 1 aromatic heterocycles. The maximum atomic E-state index is 12.3. The molecule has 0 saturated heterocycles. The van der Waals surface area contributed by atoms with Crippen LogP contribution in [0.5, 0.6) is 0 Å². The molecule has 0 amide bonds. The van der Waals surface area contributed by atoms with Crippen LogP contribution in [0.1, 0.15) is 75.0 Å². The number of rotatable bonds is 5. The molecule has 1 fully saturated rings. The molecular formula is C17H26O6. The van der Waals surface area contributed by atoms with Crippen molar-refractivity contribution in [1.29, 1.82) is 0 Å². The van der Waals surface area contributed by atoms with Crippen LogP contribution in [0.15, 0.2) is 9.15 Å². The Balaban J connectivity index is 2.03. The summed E-state index contributed by atoms with van der Waals surface area (Å²) in [6.07, 6.45) is 2.54. The van der Waals surface area contributed by atoms with E-state index in [0.717, 1.165) is 19.3 Å². The zero-order valence-electron chi connectivity index (χ0n) is 14.5. The summed E-state index contributed by atoms with van der Waals surface area (Å²) in [4.78, 5) is 24.1. The van der Waals surface area contributed by atoms with E-state index >= 15 is 0 Å². The Labute approximate surface area is 136 Å². The van der Waals surface area contributed by atoms with Crippen molar-refractivity contribution in [3.8, 4) is 0 Å². The van der Waals surface area contributed by atoms with Crippen molar-refractivity contribution in [3.63, 3.8) is 0 Å². The summed E-state index contributed by atoms with van der Waals surface area (Å²) in [6, 6.07) is 0. The van der Waals surface area contributed by atoms with Crippen LogP contribution in [0.3, 0.4) is 0 Å². The molecule has 6 nitrogen and oxygen atoms in total. The molecule has 1 aromatic rings. The van der Waals surface area contributed by atoms with E-state index in [4.69, 9.17) is 9.47 Å². The molecule has 3 atom stereocenters. The molecule has 0 radical (unpaired) electrons. The van der Waals surface area contributed by atoms with E-state index in [2.05, 4.69) is 29.9 Å². The van der Waals surface area contributed by atoms with Crippen LogP contribution < -0.4 is 0 Å². The van der Waals surface area contributed by atoms with Crippen LogP contribution in [0.4, 0.5) is 0 Å². The van der Waals surface area contributed by atoms with Gasteiger partial charge in [0.1, 0.15) is 6.10 Å². The molecular weight excluding hydrogens is 300 g/mol. The van der Waals surface area contributed by atoms with Crippen molar-refractivity contribution in [1.82, 2.24) is 0 Å². The van der Waals surface area contributed by atoms with E-state index in [1.807, 2.05) is 0 Å². The molecule has 23 heavy (non-hydrogen) atoms. The molecule has 0 bridgehead atoms. The van der Waals surface area contributed by atoms with Crippen molar-refractivity contribution in [3.05, 3.63) is 11.5 Å². The van der Waals surface area contributed by atoms with Crippen LogP contribution in [-0.2, 0) is 9.47 Å². The van der Waals surface area contributed by atoms with Gasteiger partial charge in [0.15, 0.2) is 0 Å². The van der Waals surface area contributed by atoms with Gasteiger partial charge in [0.25, 0.3) is 0 Å². The molecule has 2 rings (SSSR count). The van der Waals surface area contributed by atoms with Gasteiger partial charge in [-0.2, -0.15) is 0 Å². The Hall–Kier alpha value is -1.72. The van der Waals surface area contributed by atoms with E-state index < -0.39 is 11.9 Å². The lowest BCUT2D eigenvalue weighted by molar-refractivity contribution is -0.0606. The first-order chi connectivity index (χ1) is 10.8. The fraction of sp³-hybridized carbons (Fsp3) is 0.765. The lowest BCUT2D eigenvalue weighted by atomic mass is 9.75. The molecule has 1 aliphatic carbocycles. The zero-order valence-corrected chi connectivity index (χ0v) is 14.5. The average molecular weight is 326 g/mol. The summed E-state index contributed by atoms with van der Waals surface area (Å²) in [5.41, 5.74) is 0. The summed E-state index contributed by atoms with van der Waals surface area (Å²) >= 11 is 0. The Morgan fingerprint density at radius 3 is 2.17 bits per heavy atom. The molecule has 1 saturated carbocycles. The highest BCUT2D eigenvalue weighted by Gasteiger charge is 2.38. The van der Waals surface area contributed by atoms with E-state index in [0.29, 0.717) is 17.8 Å². The molecule has 3 unspecified atom stereocenters. The second kappa shape index (κ2) is 7.23. The summed E-state index contributed by atoms with van der Waals surface area (Å²) in [6.45, 7) is 9.86. The third-order valence-corrected chi connectivity index (χ3v) is 4.35. The summed E-state index contributed by atoms with van der Waals surface area (Å²) in [5, 5.41) is 0. The molecule has 0 N–H and O–H groups in total. The van der Waals surface area contributed by atoms with Gasteiger partial charge in [-0.05, 0) is 44.4 Å². The molecule has 130 valence electrons. The first-order valence-electron chi connectivity index (χ1n) is 8.30. The van der Waals surface area contributed by atoms with Crippen molar-refractivity contribution in [2.45, 2.75) is 66.1 Å². The molecule has 0 spiro atoms. The normalized spacial score (nSPS) is 24.9. The van der Waals surface area contributed by atoms with Crippen molar-refractivity contribution in [2.24, 2.45) is 17.8 Å². The summed E-state index contributed by atoms with van der Waals surface area (Å²) in [7, 11) is 0. The van der Waals surface area contributed by atoms with Gasteiger partial charge in [-0.3, -0.25) is 9.15 Å². The first kappa shape index (κ1) is 17.6. The molecule has 0 aliphatic heterocycles.